The molecule has 0 unspecified atom stereocenters. The third kappa shape index (κ3) is 4.04. The van der Waals surface area contributed by atoms with Gasteiger partial charge in [0.05, 0.1) is 17.0 Å². The van der Waals surface area contributed by atoms with Gasteiger partial charge in [-0.25, -0.2) is 0 Å². The quantitative estimate of drug-likeness (QED) is 0.717. The highest BCUT2D eigenvalue weighted by Crippen LogP contribution is 2.44. The molecular formula is C17H12ClF3O3S. The number of fused-ring (bicyclic) bond motifs is 1. The molecule has 3 rings (SSSR count). The Morgan fingerprint density at radius 1 is 1.28 bits per heavy atom. The van der Waals surface area contributed by atoms with E-state index >= 15 is 0 Å². The minimum atomic E-state index is -4.47. The lowest BCUT2D eigenvalue weighted by atomic mass is 9.98. The van der Waals surface area contributed by atoms with Crippen molar-refractivity contribution < 1.29 is 27.8 Å². The van der Waals surface area contributed by atoms with E-state index in [9.17, 15) is 18.0 Å². The first-order valence-corrected chi connectivity index (χ1v) is 8.63. The number of benzene rings is 2. The Kier molecular flexibility index (Phi) is 4.88. The fourth-order valence-corrected chi connectivity index (χ4v) is 4.09. The number of aliphatic carboxylic acids is 1. The summed E-state index contributed by atoms with van der Waals surface area (Å²) in [5.41, 5.74) is 0.101. The summed E-state index contributed by atoms with van der Waals surface area (Å²) < 4.78 is 43.6. The smallest absolute Gasteiger partial charge is 0.416 e. The molecule has 0 amide bonds. The van der Waals surface area contributed by atoms with E-state index in [-0.39, 0.29) is 23.1 Å². The SMILES string of the molecule is O=C(O)C[C@@H]1CSc2cc(Oc3ccc(C(F)(F)F)cc3Cl)ccc21. The minimum Gasteiger partial charge on any atom is -0.481 e. The molecule has 0 fully saturated rings. The van der Waals surface area contributed by atoms with Crippen LogP contribution >= 0.6 is 23.4 Å². The number of rotatable bonds is 4. The van der Waals surface area contributed by atoms with Crippen molar-refractivity contribution in [1.29, 1.82) is 0 Å². The molecule has 2 aromatic rings. The largest absolute Gasteiger partial charge is 0.481 e. The Hall–Kier alpha value is -1.86. The number of hydrogen-bond acceptors (Lipinski definition) is 3. The van der Waals surface area contributed by atoms with Crippen LogP contribution < -0.4 is 4.74 Å². The number of ether oxygens (including phenoxy) is 1. The van der Waals surface area contributed by atoms with Crippen molar-refractivity contribution in [2.75, 3.05) is 5.75 Å². The van der Waals surface area contributed by atoms with Gasteiger partial charge in [-0.2, -0.15) is 13.2 Å². The van der Waals surface area contributed by atoms with Crippen LogP contribution in [0.4, 0.5) is 13.2 Å². The van der Waals surface area contributed by atoms with Gasteiger partial charge in [0.1, 0.15) is 11.5 Å². The van der Waals surface area contributed by atoms with Gasteiger partial charge in [0.25, 0.3) is 0 Å². The summed E-state index contributed by atoms with van der Waals surface area (Å²) >= 11 is 7.42. The molecule has 132 valence electrons. The van der Waals surface area contributed by atoms with Crippen LogP contribution in [0.25, 0.3) is 0 Å². The van der Waals surface area contributed by atoms with Crippen molar-refractivity contribution in [2.24, 2.45) is 0 Å². The summed E-state index contributed by atoms with van der Waals surface area (Å²) in [6.07, 6.45) is -4.41. The van der Waals surface area contributed by atoms with Crippen molar-refractivity contribution in [3.8, 4) is 11.5 Å². The molecule has 0 bridgehead atoms. The molecular weight excluding hydrogens is 377 g/mol. The van der Waals surface area contributed by atoms with Crippen LogP contribution in [0.1, 0.15) is 23.5 Å². The third-order valence-electron chi connectivity index (χ3n) is 3.77. The molecule has 1 aliphatic heterocycles. The summed E-state index contributed by atoms with van der Waals surface area (Å²) in [6.45, 7) is 0. The average molecular weight is 389 g/mol. The molecule has 0 saturated heterocycles. The van der Waals surface area contributed by atoms with Crippen molar-refractivity contribution >= 4 is 29.3 Å². The van der Waals surface area contributed by atoms with Crippen molar-refractivity contribution in [3.05, 3.63) is 52.5 Å². The fraction of sp³-hybridized carbons (Fsp3) is 0.235. The lowest BCUT2D eigenvalue weighted by Crippen LogP contribution is -2.05. The number of alkyl halides is 3. The summed E-state index contributed by atoms with van der Waals surface area (Å²) in [6, 6.07) is 8.10. The number of carboxylic acids is 1. The lowest BCUT2D eigenvalue weighted by Gasteiger charge is -2.12. The Balaban J connectivity index is 1.80. The zero-order valence-corrected chi connectivity index (χ0v) is 14.2. The molecule has 1 aliphatic rings. The van der Waals surface area contributed by atoms with Crippen LogP contribution in [0, 0.1) is 0 Å². The first-order chi connectivity index (χ1) is 11.7. The normalized spacial score (nSPS) is 16.6. The first kappa shape index (κ1) is 17.9. The number of carbonyl (C=O) groups is 1. The molecule has 0 aliphatic carbocycles. The molecule has 0 radical (unpaired) electrons. The number of halogens is 4. The van der Waals surface area contributed by atoms with Gasteiger partial charge in [0, 0.05) is 16.6 Å². The van der Waals surface area contributed by atoms with E-state index in [1.54, 1.807) is 18.2 Å². The highest BCUT2D eigenvalue weighted by atomic mass is 35.5. The molecule has 0 spiro atoms. The number of carboxylic acid groups (broad SMARTS) is 1. The van der Waals surface area contributed by atoms with Crippen LogP contribution in [0.2, 0.25) is 5.02 Å². The van der Waals surface area contributed by atoms with Crippen molar-refractivity contribution in [3.63, 3.8) is 0 Å². The van der Waals surface area contributed by atoms with E-state index in [1.807, 2.05) is 0 Å². The van der Waals surface area contributed by atoms with Gasteiger partial charge in [-0.1, -0.05) is 17.7 Å². The highest BCUT2D eigenvalue weighted by Gasteiger charge is 2.31. The lowest BCUT2D eigenvalue weighted by molar-refractivity contribution is -0.138. The summed E-state index contributed by atoms with van der Waals surface area (Å²) in [4.78, 5) is 11.8. The van der Waals surface area contributed by atoms with Crippen molar-refractivity contribution in [1.82, 2.24) is 0 Å². The Bertz CT molecular complexity index is 823. The Labute approximate surface area is 150 Å². The zero-order chi connectivity index (χ0) is 18.2. The van der Waals surface area contributed by atoms with E-state index in [0.717, 1.165) is 22.6 Å². The van der Waals surface area contributed by atoms with E-state index in [0.29, 0.717) is 11.5 Å². The van der Waals surface area contributed by atoms with Crippen LogP contribution in [0.15, 0.2) is 41.3 Å². The molecule has 1 N–H and O–H groups in total. The van der Waals surface area contributed by atoms with E-state index in [1.165, 1.54) is 17.8 Å². The average Bonchev–Trinajstić information content (AvgIpc) is 2.90. The standard InChI is InChI=1S/C17H12ClF3O3S/c18-13-6-10(17(19,20)21)1-4-14(13)24-11-2-3-12-9(5-16(22)23)8-25-15(12)7-11/h1-4,6-7,9H,5,8H2,(H,22,23)/t9-/m1/s1. The van der Waals surface area contributed by atoms with Gasteiger partial charge >= 0.3 is 12.1 Å². The van der Waals surface area contributed by atoms with Gasteiger partial charge in [0.2, 0.25) is 0 Å². The molecule has 2 aromatic carbocycles. The molecule has 1 heterocycles. The molecule has 3 nitrogen and oxygen atoms in total. The summed E-state index contributed by atoms with van der Waals surface area (Å²) in [5.74, 6) is 0.326. The second-order valence-electron chi connectivity index (χ2n) is 5.55. The zero-order valence-electron chi connectivity index (χ0n) is 12.6. The second kappa shape index (κ2) is 6.80. The fourth-order valence-electron chi connectivity index (χ4n) is 2.59. The number of thioether (sulfide) groups is 1. The predicted molar refractivity (Wildman–Crippen MR) is 88.7 cm³/mol. The van der Waals surface area contributed by atoms with Gasteiger partial charge in [-0.15, -0.1) is 11.8 Å². The van der Waals surface area contributed by atoms with Crippen LogP contribution in [-0.2, 0) is 11.0 Å². The topological polar surface area (TPSA) is 46.5 Å². The van der Waals surface area contributed by atoms with Gasteiger partial charge in [0.15, 0.2) is 0 Å². The molecule has 0 aromatic heterocycles. The van der Waals surface area contributed by atoms with Crippen LogP contribution in [0.3, 0.4) is 0 Å². The molecule has 1 atom stereocenters. The van der Waals surface area contributed by atoms with E-state index < -0.39 is 17.7 Å². The van der Waals surface area contributed by atoms with Crippen molar-refractivity contribution in [2.45, 2.75) is 23.4 Å². The Morgan fingerprint density at radius 2 is 2.04 bits per heavy atom. The van der Waals surface area contributed by atoms with E-state index in [2.05, 4.69) is 0 Å². The van der Waals surface area contributed by atoms with Gasteiger partial charge in [-0.05, 0) is 35.9 Å². The number of hydrogen-bond donors (Lipinski definition) is 1. The Morgan fingerprint density at radius 3 is 2.68 bits per heavy atom. The molecule has 25 heavy (non-hydrogen) atoms. The maximum Gasteiger partial charge on any atom is 0.416 e. The maximum absolute atomic E-state index is 12.7. The van der Waals surface area contributed by atoms with Gasteiger partial charge < -0.3 is 9.84 Å². The minimum absolute atomic E-state index is 0.0544. The third-order valence-corrected chi connectivity index (χ3v) is 5.30. The maximum atomic E-state index is 12.7. The van der Waals surface area contributed by atoms with E-state index in [4.69, 9.17) is 21.4 Å². The van der Waals surface area contributed by atoms with Crippen LogP contribution in [0.5, 0.6) is 11.5 Å². The monoisotopic (exact) mass is 388 g/mol. The van der Waals surface area contributed by atoms with Crippen LogP contribution in [-0.4, -0.2) is 16.8 Å². The van der Waals surface area contributed by atoms with Gasteiger partial charge in [-0.3, -0.25) is 4.79 Å². The summed E-state index contributed by atoms with van der Waals surface area (Å²) in [7, 11) is 0. The molecule has 8 heteroatoms. The highest BCUT2D eigenvalue weighted by molar-refractivity contribution is 7.99. The predicted octanol–water partition coefficient (Wildman–Crippen LogP) is 5.82. The molecule has 0 saturated carbocycles. The first-order valence-electron chi connectivity index (χ1n) is 7.27. The second-order valence-corrected chi connectivity index (χ2v) is 7.02. The summed E-state index contributed by atoms with van der Waals surface area (Å²) in [5, 5.41) is 8.80.